The minimum atomic E-state index is -0.525. The number of amides is 1. The van der Waals surface area contributed by atoms with Crippen molar-refractivity contribution in [3.63, 3.8) is 0 Å². The van der Waals surface area contributed by atoms with Crippen molar-refractivity contribution in [3.05, 3.63) is 21.5 Å². The molecular weight excluding hydrogens is 257 g/mol. The number of anilines is 1. The summed E-state index contributed by atoms with van der Waals surface area (Å²) in [6, 6.07) is 1.50. The molecule has 0 spiro atoms. The Hall–Kier alpha value is -0.850. The summed E-state index contributed by atoms with van der Waals surface area (Å²) < 4.78 is 0.596. The van der Waals surface area contributed by atoms with E-state index >= 15 is 0 Å². The molecule has 1 aromatic rings. The van der Waals surface area contributed by atoms with Crippen LogP contribution < -0.4 is 11.5 Å². The number of hydrogen-bond acceptors (Lipinski definition) is 3. The number of nitrogens with zero attached hydrogens (tertiary/aromatic N) is 1. The van der Waals surface area contributed by atoms with Gasteiger partial charge in [0.15, 0.2) is 0 Å². The highest BCUT2D eigenvalue weighted by atomic mass is 127. The smallest absolute Gasteiger partial charge is 0.250 e. The van der Waals surface area contributed by atoms with Gasteiger partial charge in [-0.2, -0.15) is 0 Å². The fraction of sp³-hybridized carbons (Fsp3) is 0. The van der Waals surface area contributed by atoms with Crippen molar-refractivity contribution < 1.29 is 4.79 Å². The predicted octanol–water partition coefficient (Wildman–Crippen LogP) is 0.367. The van der Waals surface area contributed by atoms with E-state index in [9.17, 15) is 4.79 Å². The molecule has 0 radical (unpaired) electrons. The average Bonchev–Trinajstić information content (AvgIpc) is 1.94. The van der Waals surface area contributed by atoms with Crippen LogP contribution in [0.4, 0.5) is 5.69 Å². The van der Waals surface area contributed by atoms with Gasteiger partial charge in [0.1, 0.15) is 3.70 Å². The number of halogens is 1. The van der Waals surface area contributed by atoms with Crippen LogP contribution in [0.5, 0.6) is 0 Å². The van der Waals surface area contributed by atoms with Gasteiger partial charge in [0, 0.05) is 6.20 Å². The molecular formula is C6H6IN3O. The Morgan fingerprint density at radius 3 is 2.73 bits per heavy atom. The summed E-state index contributed by atoms with van der Waals surface area (Å²) >= 11 is 1.94. The second kappa shape index (κ2) is 3.04. The number of aromatic nitrogens is 1. The third-order valence-corrected chi connectivity index (χ3v) is 2.07. The summed E-state index contributed by atoms with van der Waals surface area (Å²) in [5, 5.41) is 0. The lowest BCUT2D eigenvalue weighted by Crippen LogP contribution is -2.14. The minimum absolute atomic E-state index is 0.324. The van der Waals surface area contributed by atoms with Crippen molar-refractivity contribution in [2.75, 3.05) is 5.73 Å². The Kier molecular flexibility index (Phi) is 2.28. The Balaban J connectivity index is 3.27. The van der Waals surface area contributed by atoms with E-state index in [1.54, 1.807) is 0 Å². The van der Waals surface area contributed by atoms with Gasteiger partial charge >= 0.3 is 0 Å². The highest BCUT2D eigenvalue weighted by molar-refractivity contribution is 14.1. The minimum Gasteiger partial charge on any atom is -0.396 e. The van der Waals surface area contributed by atoms with E-state index < -0.39 is 5.91 Å². The van der Waals surface area contributed by atoms with E-state index in [4.69, 9.17) is 11.5 Å². The fourth-order valence-electron chi connectivity index (χ4n) is 0.663. The third kappa shape index (κ3) is 1.59. The first-order chi connectivity index (χ1) is 5.13. The SMILES string of the molecule is NC(=O)c1ccnc(I)c1N. The molecule has 1 heterocycles. The summed E-state index contributed by atoms with van der Waals surface area (Å²) in [5.74, 6) is -0.525. The van der Waals surface area contributed by atoms with E-state index in [2.05, 4.69) is 4.98 Å². The number of nitrogen functional groups attached to an aromatic ring is 1. The molecule has 58 valence electrons. The zero-order chi connectivity index (χ0) is 8.43. The molecule has 0 fully saturated rings. The summed E-state index contributed by atoms with van der Waals surface area (Å²) in [4.78, 5) is 14.6. The summed E-state index contributed by atoms with van der Waals surface area (Å²) in [6.07, 6.45) is 1.50. The van der Waals surface area contributed by atoms with Crippen LogP contribution in [0.2, 0.25) is 0 Å². The van der Waals surface area contributed by atoms with Crippen molar-refractivity contribution in [2.24, 2.45) is 5.73 Å². The van der Waals surface area contributed by atoms with Crippen LogP contribution in [0.3, 0.4) is 0 Å². The first-order valence-electron chi connectivity index (χ1n) is 2.82. The van der Waals surface area contributed by atoms with Crippen LogP contribution >= 0.6 is 22.6 Å². The molecule has 5 heteroatoms. The molecule has 0 aliphatic carbocycles. The zero-order valence-electron chi connectivity index (χ0n) is 5.54. The Labute approximate surface area is 77.1 Å². The van der Waals surface area contributed by atoms with Crippen LogP contribution in [-0.4, -0.2) is 10.9 Å². The van der Waals surface area contributed by atoms with Crippen LogP contribution in [0.25, 0.3) is 0 Å². The zero-order valence-corrected chi connectivity index (χ0v) is 7.70. The van der Waals surface area contributed by atoms with Gasteiger partial charge in [-0.05, 0) is 28.7 Å². The predicted molar refractivity (Wildman–Crippen MR) is 49.9 cm³/mol. The lowest BCUT2D eigenvalue weighted by atomic mass is 10.2. The Morgan fingerprint density at radius 2 is 2.27 bits per heavy atom. The first kappa shape index (κ1) is 8.25. The van der Waals surface area contributed by atoms with E-state index in [-0.39, 0.29) is 0 Å². The van der Waals surface area contributed by atoms with E-state index in [1.165, 1.54) is 12.3 Å². The van der Waals surface area contributed by atoms with Gasteiger partial charge in [0.25, 0.3) is 5.91 Å². The molecule has 0 atom stereocenters. The monoisotopic (exact) mass is 263 g/mol. The number of pyridine rings is 1. The molecule has 0 aromatic carbocycles. The highest BCUT2D eigenvalue weighted by Crippen LogP contribution is 2.15. The van der Waals surface area contributed by atoms with Crippen molar-refractivity contribution in [2.45, 2.75) is 0 Å². The number of carbonyl (C=O) groups excluding carboxylic acids is 1. The number of hydrogen-bond donors (Lipinski definition) is 2. The molecule has 0 bridgehead atoms. The number of primary amides is 1. The third-order valence-electron chi connectivity index (χ3n) is 1.21. The molecule has 0 unspecified atom stereocenters. The Bertz CT molecular complexity index is 300. The van der Waals surface area contributed by atoms with E-state index in [0.29, 0.717) is 15.0 Å². The number of rotatable bonds is 1. The number of carbonyl (C=O) groups is 1. The van der Waals surface area contributed by atoms with Crippen molar-refractivity contribution in [1.29, 1.82) is 0 Å². The van der Waals surface area contributed by atoms with Gasteiger partial charge in [-0.1, -0.05) is 0 Å². The van der Waals surface area contributed by atoms with E-state index in [1.807, 2.05) is 22.6 Å². The normalized spacial score (nSPS) is 9.55. The quantitative estimate of drug-likeness (QED) is 0.567. The van der Waals surface area contributed by atoms with Gasteiger partial charge in [0.2, 0.25) is 0 Å². The molecule has 1 amide bonds. The Morgan fingerprint density at radius 1 is 1.64 bits per heavy atom. The first-order valence-corrected chi connectivity index (χ1v) is 3.90. The standard InChI is InChI=1S/C6H6IN3O/c7-5-4(8)3(6(9)11)1-2-10-5/h1-2H,8H2,(H2,9,11). The van der Waals surface area contributed by atoms with Crippen LogP contribution in [0, 0.1) is 3.70 Å². The van der Waals surface area contributed by atoms with Crippen LogP contribution in [-0.2, 0) is 0 Å². The molecule has 1 rings (SSSR count). The maximum atomic E-state index is 10.7. The highest BCUT2D eigenvalue weighted by Gasteiger charge is 2.07. The van der Waals surface area contributed by atoms with Gasteiger partial charge in [-0.25, -0.2) is 4.98 Å². The van der Waals surface area contributed by atoms with Gasteiger partial charge in [-0.15, -0.1) is 0 Å². The maximum Gasteiger partial charge on any atom is 0.250 e. The van der Waals surface area contributed by atoms with Crippen molar-refractivity contribution in [1.82, 2.24) is 4.98 Å². The van der Waals surface area contributed by atoms with E-state index in [0.717, 1.165) is 0 Å². The fourth-order valence-corrected chi connectivity index (χ4v) is 1.11. The number of nitrogens with two attached hydrogens (primary N) is 2. The van der Waals surface area contributed by atoms with Gasteiger partial charge in [-0.3, -0.25) is 4.79 Å². The van der Waals surface area contributed by atoms with Crippen LogP contribution in [0.15, 0.2) is 12.3 Å². The summed E-state index contributed by atoms with van der Waals surface area (Å²) in [6.45, 7) is 0. The summed E-state index contributed by atoms with van der Waals surface area (Å²) in [5.41, 5.74) is 11.2. The molecule has 11 heavy (non-hydrogen) atoms. The maximum absolute atomic E-state index is 10.7. The second-order valence-electron chi connectivity index (χ2n) is 1.93. The second-order valence-corrected chi connectivity index (χ2v) is 2.95. The molecule has 0 saturated heterocycles. The lowest BCUT2D eigenvalue weighted by molar-refractivity contribution is 0.100. The summed E-state index contributed by atoms with van der Waals surface area (Å²) in [7, 11) is 0. The molecule has 0 aliphatic rings. The molecule has 0 aliphatic heterocycles. The lowest BCUT2D eigenvalue weighted by Gasteiger charge is -2.00. The largest absolute Gasteiger partial charge is 0.396 e. The van der Waals surface area contributed by atoms with Gasteiger partial charge < -0.3 is 11.5 Å². The van der Waals surface area contributed by atoms with Crippen LogP contribution in [0.1, 0.15) is 10.4 Å². The molecule has 4 N–H and O–H groups in total. The topological polar surface area (TPSA) is 82.0 Å². The van der Waals surface area contributed by atoms with Crippen molar-refractivity contribution >= 4 is 34.2 Å². The molecule has 1 aromatic heterocycles. The molecule has 0 saturated carbocycles. The van der Waals surface area contributed by atoms with Crippen molar-refractivity contribution in [3.8, 4) is 0 Å². The molecule has 4 nitrogen and oxygen atoms in total. The van der Waals surface area contributed by atoms with Gasteiger partial charge in [0.05, 0.1) is 11.3 Å². The average molecular weight is 263 g/mol.